The number of aromatic nitrogens is 1. The van der Waals surface area contributed by atoms with Crippen LogP contribution in [-0.4, -0.2) is 12.3 Å². The van der Waals surface area contributed by atoms with Crippen LogP contribution < -0.4 is 5.59 Å². The minimum Gasteiger partial charge on any atom is -0.271 e. The van der Waals surface area contributed by atoms with Crippen molar-refractivity contribution in [1.29, 1.82) is 0 Å². The van der Waals surface area contributed by atoms with Gasteiger partial charge in [-0.2, -0.15) is 0 Å². The molecule has 0 saturated heterocycles. The van der Waals surface area contributed by atoms with Crippen molar-refractivity contribution in [2.24, 2.45) is 0 Å². The van der Waals surface area contributed by atoms with Crippen LogP contribution >= 0.6 is 0 Å². The Morgan fingerprint density at radius 2 is 2.18 bits per heavy atom. The van der Waals surface area contributed by atoms with E-state index >= 15 is 0 Å². The number of pyridine rings is 1. The summed E-state index contributed by atoms with van der Waals surface area (Å²) in [6.07, 6.45) is 4.24. The molecule has 0 bridgehead atoms. The molecule has 1 heterocycles. The average molecular weight is 147 g/mol. The van der Waals surface area contributed by atoms with Crippen molar-refractivity contribution in [3.8, 4) is 0 Å². The van der Waals surface area contributed by atoms with E-state index < -0.39 is 0 Å². The van der Waals surface area contributed by atoms with Crippen LogP contribution in [0, 0.1) is 0 Å². The van der Waals surface area contributed by atoms with Gasteiger partial charge in [-0.05, 0) is 17.6 Å². The first-order valence-corrected chi connectivity index (χ1v) is 4.30. The third-order valence-corrected chi connectivity index (χ3v) is 1.80. The molecule has 0 aliphatic carbocycles. The van der Waals surface area contributed by atoms with Gasteiger partial charge in [0.25, 0.3) is 0 Å². The highest BCUT2D eigenvalue weighted by Crippen LogP contribution is 1.93. The lowest BCUT2D eigenvalue weighted by molar-refractivity contribution is 1.11. The highest BCUT2D eigenvalue weighted by Gasteiger charge is 1.93. The number of rotatable bonds is 3. The summed E-state index contributed by atoms with van der Waals surface area (Å²) < 4.78 is 0. The van der Waals surface area contributed by atoms with Gasteiger partial charge >= 0.3 is 0 Å². The van der Waals surface area contributed by atoms with Gasteiger partial charge in [-0.3, -0.25) is 4.98 Å². The van der Waals surface area contributed by atoms with Crippen LogP contribution in [-0.2, 0) is 6.42 Å². The predicted octanol–water partition coefficient (Wildman–Crippen LogP) is 1.14. The van der Waals surface area contributed by atoms with Crippen molar-refractivity contribution in [1.82, 2.24) is 4.98 Å². The fourth-order valence-corrected chi connectivity index (χ4v) is 1.07. The van der Waals surface area contributed by atoms with E-state index in [1.807, 2.05) is 6.20 Å². The summed E-state index contributed by atoms with van der Waals surface area (Å²) in [6, 6.07) is 4.29. The fraction of sp³-hybridized carbons (Fsp3) is 0.444. The van der Waals surface area contributed by atoms with Crippen LogP contribution in [0.2, 0.25) is 6.32 Å². The van der Waals surface area contributed by atoms with Gasteiger partial charge in [0.2, 0.25) is 0 Å². The zero-order valence-electron chi connectivity index (χ0n) is 7.30. The average Bonchev–Trinajstić information content (AvgIpc) is 2.07. The van der Waals surface area contributed by atoms with Gasteiger partial charge in [-0.25, -0.2) is 0 Å². The smallest absolute Gasteiger partial charge is 0.181 e. The minimum absolute atomic E-state index is 1.08. The zero-order valence-corrected chi connectivity index (χ0v) is 7.30. The molecule has 0 radical (unpaired) electrons. The first-order chi connectivity index (χ1) is 5.36. The third kappa shape index (κ3) is 2.37. The van der Waals surface area contributed by atoms with Gasteiger partial charge in [-0.1, -0.05) is 32.3 Å². The number of hydrogen-bond acceptors (Lipinski definition) is 1. The third-order valence-electron chi connectivity index (χ3n) is 1.80. The van der Waals surface area contributed by atoms with Crippen LogP contribution in [0.25, 0.3) is 0 Å². The van der Waals surface area contributed by atoms with Crippen molar-refractivity contribution in [3.63, 3.8) is 0 Å². The second-order valence-corrected chi connectivity index (χ2v) is 2.76. The second kappa shape index (κ2) is 4.17. The van der Waals surface area contributed by atoms with Crippen molar-refractivity contribution >= 4 is 12.9 Å². The van der Waals surface area contributed by atoms with Gasteiger partial charge in [-0.15, -0.1) is 0 Å². The predicted molar refractivity (Wildman–Crippen MR) is 50.9 cm³/mol. The Labute approximate surface area is 69.1 Å². The fourth-order valence-electron chi connectivity index (χ4n) is 1.07. The van der Waals surface area contributed by atoms with E-state index in [2.05, 4.69) is 31.0 Å². The number of nitrogens with zero attached hydrogens (tertiary/aromatic N) is 1. The molecule has 1 aromatic heterocycles. The van der Waals surface area contributed by atoms with E-state index in [-0.39, 0.29) is 0 Å². The molecule has 0 fully saturated rings. The monoisotopic (exact) mass is 147 g/mol. The highest BCUT2D eigenvalue weighted by molar-refractivity contribution is 6.52. The van der Waals surface area contributed by atoms with E-state index in [1.165, 1.54) is 17.5 Å². The summed E-state index contributed by atoms with van der Waals surface area (Å²) in [4.78, 5) is 4.34. The Morgan fingerprint density at radius 1 is 1.36 bits per heavy atom. The van der Waals surface area contributed by atoms with Gasteiger partial charge in [0.15, 0.2) is 7.28 Å². The van der Waals surface area contributed by atoms with Gasteiger partial charge in [0.05, 0.1) is 0 Å². The quantitative estimate of drug-likeness (QED) is 0.584. The minimum atomic E-state index is 1.08. The molecule has 0 N–H and O–H groups in total. The SMILES string of the molecule is CCBc1ccc(CC)cn1. The molecule has 0 aliphatic heterocycles. The summed E-state index contributed by atoms with van der Waals surface area (Å²) >= 11 is 0. The Hall–Kier alpha value is -0.785. The van der Waals surface area contributed by atoms with E-state index in [9.17, 15) is 0 Å². The molecule has 0 atom stereocenters. The molecular weight excluding hydrogens is 133 g/mol. The van der Waals surface area contributed by atoms with E-state index in [0.29, 0.717) is 0 Å². The Balaban J connectivity index is 2.66. The van der Waals surface area contributed by atoms with Crippen LogP contribution in [0.15, 0.2) is 18.3 Å². The van der Waals surface area contributed by atoms with Crippen molar-refractivity contribution in [2.45, 2.75) is 26.6 Å². The zero-order chi connectivity index (χ0) is 8.10. The normalized spacial score (nSPS) is 9.64. The van der Waals surface area contributed by atoms with Gasteiger partial charge < -0.3 is 0 Å². The molecule has 2 heteroatoms. The molecule has 0 unspecified atom stereocenters. The molecular formula is C9H14BN. The lowest BCUT2D eigenvalue weighted by Gasteiger charge is -1.97. The Kier molecular flexibility index (Phi) is 3.15. The Bertz CT molecular complexity index is 205. The maximum Gasteiger partial charge on any atom is 0.181 e. The van der Waals surface area contributed by atoms with E-state index in [0.717, 1.165) is 13.7 Å². The molecule has 0 saturated carbocycles. The van der Waals surface area contributed by atoms with Crippen LogP contribution in [0.4, 0.5) is 0 Å². The standard InChI is InChI=1S/C9H14BN/c1-3-8-5-6-9(10-4-2)11-7-8/h5-7,10H,3-4H2,1-2H3. The maximum absolute atomic E-state index is 4.34. The topological polar surface area (TPSA) is 12.9 Å². The molecule has 0 aromatic carbocycles. The number of aryl methyl sites for hydroxylation is 1. The summed E-state index contributed by atoms with van der Waals surface area (Å²) in [5, 5.41) is 0. The molecule has 1 aromatic rings. The summed E-state index contributed by atoms with van der Waals surface area (Å²) in [5.74, 6) is 0. The lowest BCUT2D eigenvalue weighted by Crippen LogP contribution is -2.16. The molecule has 1 nitrogen and oxygen atoms in total. The lowest BCUT2D eigenvalue weighted by atomic mass is 9.71. The van der Waals surface area contributed by atoms with Crippen LogP contribution in [0.3, 0.4) is 0 Å². The summed E-state index contributed by atoms with van der Waals surface area (Å²) in [5.41, 5.74) is 2.54. The van der Waals surface area contributed by atoms with Crippen molar-refractivity contribution in [2.75, 3.05) is 0 Å². The molecule has 0 amide bonds. The molecule has 11 heavy (non-hydrogen) atoms. The number of hydrogen-bond donors (Lipinski definition) is 0. The first-order valence-electron chi connectivity index (χ1n) is 4.30. The molecule has 0 aliphatic rings. The van der Waals surface area contributed by atoms with Crippen molar-refractivity contribution in [3.05, 3.63) is 23.9 Å². The molecule has 0 spiro atoms. The van der Waals surface area contributed by atoms with Crippen LogP contribution in [0.5, 0.6) is 0 Å². The molecule has 58 valence electrons. The molecule has 1 rings (SSSR count). The summed E-state index contributed by atoms with van der Waals surface area (Å²) in [7, 11) is 1.10. The summed E-state index contributed by atoms with van der Waals surface area (Å²) in [6.45, 7) is 4.33. The first kappa shape index (κ1) is 8.31. The Morgan fingerprint density at radius 3 is 2.64 bits per heavy atom. The highest BCUT2D eigenvalue weighted by atomic mass is 14.6. The van der Waals surface area contributed by atoms with Crippen molar-refractivity contribution < 1.29 is 0 Å². The van der Waals surface area contributed by atoms with E-state index in [4.69, 9.17) is 0 Å². The van der Waals surface area contributed by atoms with Gasteiger partial charge in [0.1, 0.15) is 0 Å². The van der Waals surface area contributed by atoms with Crippen LogP contribution in [0.1, 0.15) is 19.4 Å². The van der Waals surface area contributed by atoms with E-state index in [1.54, 1.807) is 0 Å². The largest absolute Gasteiger partial charge is 0.271 e. The second-order valence-electron chi connectivity index (χ2n) is 2.76. The maximum atomic E-state index is 4.34. The van der Waals surface area contributed by atoms with Gasteiger partial charge in [0, 0.05) is 6.20 Å².